The molecule has 2 N–H and O–H groups in total. The van der Waals surface area contributed by atoms with Crippen LogP contribution in [0.4, 0.5) is 13.2 Å². The molecule has 0 aliphatic heterocycles. The second kappa shape index (κ2) is 6.60. The Balaban J connectivity index is 2.97. The van der Waals surface area contributed by atoms with Gasteiger partial charge in [0, 0.05) is 0 Å². The van der Waals surface area contributed by atoms with E-state index in [4.69, 9.17) is 5.11 Å². The molecule has 0 heterocycles. The summed E-state index contributed by atoms with van der Waals surface area (Å²) >= 11 is 0. The van der Waals surface area contributed by atoms with Crippen molar-refractivity contribution in [2.45, 2.75) is 38.4 Å². The molecule has 0 aromatic heterocycles. The summed E-state index contributed by atoms with van der Waals surface area (Å²) in [6.45, 7) is 3.91. The van der Waals surface area contributed by atoms with Gasteiger partial charge < -0.3 is 10.4 Å². The monoisotopic (exact) mass is 303 g/mol. The Morgan fingerprint density at radius 2 is 1.62 bits per heavy atom. The molecule has 21 heavy (non-hydrogen) atoms. The topological polar surface area (TPSA) is 66.4 Å². The highest BCUT2D eigenvalue weighted by molar-refractivity contribution is 5.82. The Labute approximate surface area is 120 Å². The number of carboxylic acid groups (broad SMARTS) is 1. The number of carbonyl (C=O) groups is 2. The van der Waals surface area contributed by atoms with E-state index in [1.54, 1.807) is 17.4 Å². The number of carbonyl (C=O) groups excluding carboxylic acids is 1. The van der Waals surface area contributed by atoms with Crippen molar-refractivity contribution in [1.82, 2.24) is 5.32 Å². The number of amides is 1. The molecule has 0 fully saturated rings. The molecule has 0 radical (unpaired) electrons. The molecular formula is C14H16F3NO3. The predicted molar refractivity (Wildman–Crippen MR) is 69.7 cm³/mol. The maximum Gasteiger partial charge on any atom is 0.471 e. The van der Waals surface area contributed by atoms with E-state index >= 15 is 0 Å². The second-order valence-corrected chi connectivity index (χ2v) is 4.94. The maximum atomic E-state index is 12.3. The van der Waals surface area contributed by atoms with Crippen LogP contribution in [0.2, 0.25) is 0 Å². The fourth-order valence-corrected chi connectivity index (χ4v) is 1.78. The smallest absolute Gasteiger partial charge is 0.471 e. The lowest BCUT2D eigenvalue weighted by Crippen LogP contribution is -2.39. The van der Waals surface area contributed by atoms with E-state index in [0.717, 1.165) is 5.56 Å². The van der Waals surface area contributed by atoms with Crippen molar-refractivity contribution in [2.75, 3.05) is 0 Å². The lowest BCUT2D eigenvalue weighted by molar-refractivity contribution is -0.174. The summed E-state index contributed by atoms with van der Waals surface area (Å²) in [6.07, 6.45) is -5.67. The zero-order chi connectivity index (χ0) is 16.2. The van der Waals surface area contributed by atoms with Gasteiger partial charge in [-0.05, 0) is 17.0 Å². The Hall–Kier alpha value is -2.05. The summed E-state index contributed by atoms with van der Waals surface area (Å²) in [5, 5.41) is 10.5. The standard InChI is InChI=1S/C14H16F3NO3/c1-8(2)9-3-5-10(6-4-9)11(7-12(19)20)18-13(21)14(15,16)17/h3-6,8,11H,7H2,1-2H3,(H,18,21)(H,19,20). The van der Waals surface area contributed by atoms with Gasteiger partial charge in [0.2, 0.25) is 0 Å². The lowest BCUT2D eigenvalue weighted by atomic mass is 9.97. The van der Waals surface area contributed by atoms with Gasteiger partial charge in [-0.3, -0.25) is 9.59 Å². The van der Waals surface area contributed by atoms with E-state index in [0.29, 0.717) is 5.56 Å². The molecule has 0 saturated heterocycles. The number of rotatable bonds is 5. The maximum absolute atomic E-state index is 12.3. The average molecular weight is 303 g/mol. The van der Waals surface area contributed by atoms with E-state index in [1.807, 2.05) is 13.8 Å². The molecule has 0 spiro atoms. The molecule has 1 aromatic carbocycles. The van der Waals surface area contributed by atoms with E-state index in [-0.39, 0.29) is 5.92 Å². The molecule has 0 saturated carbocycles. The zero-order valence-electron chi connectivity index (χ0n) is 11.6. The highest BCUT2D eigenvalue weighted by Crippen LogP contribution is 2.23. The molecule has 1 atom stereocenters. The van der Waals surface area contributed by atoms with Crippen molar-refractivity contribution in [3.63, 3.8) is 0 Å². The summed E-state index contributed by atoms with van der Waals surface area (Å²) in [5.41, 5.74) is 1.29. The molecular weight excluding hydrogens is 287 g/mol. The van der Waals surface area contributed by atoms with Crippen LogP contribution in [-0.2, 0) is 9.59 Å². The summed E-state index contributed by atoms with van der Waals surface area (Å²) in [6, 6.07) is 5.24. The van der Waals surface area contributed by atoms with Gasteiger partial charge in [-0.25, -0.2) is 0 Å². The van der Waals surface area contributed by atoms with Crippen LogP contribution in [0, 0.1) is 0 Å². The highest BCUT2D eigenvalue weighted by atomic mass is 19.4. The largest absolute Gasteiger partial charge is 0.481 e. The van der Waals surface area contributed by atoms with E-state index in [1.165, 1.54) is 12.1 Å². The molecule has 0 aliphatic rings. The summed E-state index contributed by atoms with van der Waals surface area (Å²) in [4.78, 5) is 21.7. The fourth-order valence-electron chi connectivity index (χ4n) is 1.78. The first-order valence-electron chi connectivity index (χ1n) is 6.30. The number of hydrogen-bond donors (Lipinski definition) is 2. The van der Waals surface area contributed by atoms with Crippen LogP contribution in [-0.4, -0.2) is 23.2 Å². The minimum atomic E-state index is -5.05. The first kappa shape index (κ1) is 17.0. The van der Waals surface area contributed by atoms with Crippen LogP contribution < -0.4 is 5.32 Å². The average Bonchev–Trinajstić information content (AvgIpc) is 2.36. The number of nitrogens with one attached hydrogen (secondary N) is 1. The Morgan fingerprint density at radius 1 is 1.14 bits per heavy atom. The van der Waals surface area contributed by atoms with Gasteiger partial charge in [-0.2, -0.15) is 13.2 Å². The van der Waals surface area contributed by atoms with Gasteiger partial charge >= 0.3 is 18.1 Å². The molecule has 4 nitrogen and oxygen atoms in total. The first-order chi connectivity index (χ1) is 9.61. The minimum Gasteiger partial charge on any atom is -0.481 e. The lowest BCUT2D eigenvalue weighted by Gasteiger charge is -2.19. The molecule has 7 heteroatoms. The number of halogens is 3. The van der Waals surface area contributed by atoms with Gasteiger partial charge in [0.1, 0.15) is 0 Å². The van der Waals surface area contributed by atoms with Crippen LogP contribution in [0.3, 0.4) is 0 Å². The van der Waals surface area contributed by atoms with Gasteiger partial charge in [-0.15, -0.1) is 0 Å². The molecule has 1 amide bonds. The third kappa shape index (κ3) is 5.09. The van der Waals surface area contributed by atoms with Gasteiger partial charge in [-0.1, -0.05) is 38.1 Å². The Bertz CT molecular complexity index is 509. The summed E-state index contributed by atoms with van der Waals surface area (Å²) in [5.74, 6) is -3.21. The normalized spacial score (nSPS) is 13.0. The second-order valence-electron chi connectivity index (χ2n) is 4.94. The van der Waals surface area contributed by atoms with Crippen molar-refractivity contribution < 1.29 is 27.9 Å². The fraction of sp³-hybridized carbons (Fsp3) is 0.429. The molecule has 0 aliphatic carbocycles. The van der Waals surface area contributed by atoms with Crippen LogP contribution in [0.25, 0.3) is 0 Å². The van der Waals surface area contributed by atoms with Gasteiger partial charge in [0.05, 0.1) is 12.5 Å². The van der Waals surface area contributed by atoms with Crippen molar-refractivity contribution in [3.05, 3.63) is 35.4 Å². The molecule has 0 bridgehead atoms. The third-order valence-corrected chi connectivity index (χ3v) is 2.95. The van der Waals surface area contributed by atoms with Gasteiger partial charge in [0.25, 0.3) is 0 Å². The first-order valence-corrected chi connectivity index (χ1v) is 6.30. The Kier molecular flexibility index (Phi) is 5.34. The SMILES string of the molecule is CC(C)c1ccc(C(CC(=O)O)NC(=O)C(F)(F)F)cc1. The minimum absolute atomic E-state index is 0.238. The molecule has 116 valence electrons. The third-order valence-electron chi connectivity index (χ3n) is 2.95. The van der Waals surface area contributed by atoms with E-state index < -0.39 is 30.5 Å². The van der Waals surface area contributed by atoms with Crippen LogP contribution >= 0.6 is 0 Å². The molecule has 1 aromatic rings. The number of alkyl halides is 3. The quantitative estimate of drug-likeness (QED) is 0.878. The van der Waals surface area contributed by atoms with Crippen LogP contribution in [0.1, 0.15) is 43.4 Å². The van der Waals surface area contributed by atoms with Gasteiger partial charge in [0.15, 0.2) is 0 Å². The predicted octanol–water partition coefficient (Wildman–Crippen LogP) is 3.00. The summed E-state index contributed by atoms with van der Waals surface area (Å²) in [7, 11) is 0. The Morgan fingerprint density at radius 3 is 2.00 bits per heavy atom. The number of aliphatic carboxylic acids is 1. The van der Waals surface area contributed by atoms with E-state index in [9.17, 15) is 22.8 Å². The number of carboxylic acids is 1. The van der Waals surface area contributed by atoms with E-state index in [2.05, 4.69) is 0 Å². The van der Waals surface area contributed by atoms with Crippen LogP contribution in [0.5, 0.6) is 0 Å². The zero-order valence-corrected chi connectivity index (χ0v) is 11.6. The van der Waals surface area contributed by atoms with Crippen LogP contribution in [0.15, 0.2) is 24.3 Å². The highest BCUT2D eigenvalue weighted by Gasteiger charge is 2.40. The summed E-state index contributed by atoms with van der Waals surface area (Å²) < 4.78 is 36.8. The van der Waals surface area contributed by atoms with Crippen molar-refractivity contribution in [3.8, 4) is 0 Å². The van der Waals surface area contributed by atoms with Crippen molar-refractivity contribution in [2.24, 2.45) is 0 Å². The van der Waals surface area contributed by atoms with Crippen molar-refractivity contribution >= 4 is 11.9 Å². The number of hydrogen-bond acceptors (Lipinski definition) is 2. The van der Waals surface area contributed by atoms with Crippen molar-refractivity contribution in [1.29, 1.82) is 0 Å². The number of benzene rings is 1. The molecule has 1 rings (SSSR count). The molecule has 1 unspecified atom stereocenters.